The highest BCUT2D eigenvalue weighted by Crippen LogP contribution is 2.23. The SMILES string of the molecule is Cc1nc(-c2cccnc2)n2c(C)cc(Cl)nc12. The monoisotopic (exact) mass is 258 g/mol. The largest absolute Gasteiger partial charge is 0.281 e. The molecule has 3 heterocycles. The molecule has 0 radical (unpaired) electrons. The van der Waals surface area contributed by atoms with Crippen molar-refractivity contribution in [1.29, 1.82) is 0 Å². The Bertz CT molecular complexity index is 719. The molecule has 0 unspecified atom stereocenters. The summed E-state index contributed by atoms with van der Waals surface area (Å²) >= 11 is 5.99. The van der Waals surface area contributed by atoms with Crippen molar-refractivity contribution in [2.75, 3.05) is 0 Å². The Morgan fingerprint density at radius 1 is 1.22 bits per heavy atom. The number of pyridine rings is 1. The van der Waals surface area contributed by atoms with E-state index in [0.29, 0.717) is 5.15 Å². The summed E-state index contributed by atoms with van der Waals surface area (Å²) in [4.78, 5) is 13.0. The third-order valence-electron chi connectivity index (χ3n) is 2.83. The Morgan fingerprint density at radius 3 is 2.78 bits per heavy atom. The minimum Gasteiger partial charge on any atom is -0.281 e. The van der Waals surface area contributed by atoms with Gasteiger partial charge in [0.05, 0.1) is 5.69 Å². The van der Waals surface area contributed by atoms with Crippen molar-refractivity contribution in [1.82, 2.24) is 19.4 Å². The average Bonchev–Trinajstić information content (AvgIpc) is 2.68. The molecule has 0 aliphatic rings. The summed E-state index contributed by atoms with van der Waals surface area (Å²) in [6.45, 7) is 3.92. The summed E-state index contributed by atoms with van der Waals surface area (Å²) in [5.74, 6) is 0.845. The van der Waals surface area contributed by atoms with Gasteiger partial charge < -0.3 is 0 Å². The highest BCUT2D eigenvalue weighted by Gasteiger charge is 2.13. The zero-order valence-corrected chi connectivity index (χ0v) is 10.8. The highest BCUT2D eigenvalue weighted by atomic mass is 35.5. The van der Waals surface area contributed by atoms with E-state index in [1.165, 1.54) is 0 Å². The Labute approximate surface area is 109 Å². The van der Waals surface area contributed by atoms with Crippen molar-refractivity contribution in [2.24, 2.45) is 0 Å². The van der Waals surface area contributed by atoms with E-state index >= 15 is 0 Å². The van der Waals surface area contributed by atoms with Crippen LogP contribution in [0.15, 0.2) is 30.6 Å². The number of rotatable bonds is 1. The van der Waals surface area contributed by atoms with E-state index in [1.807, 2.05) is 36.4 Å². The summed E-state index contributed by atoms with van der Waals surface area (Å²) in [7, 11) is 0. The lowest BCUT2D eigenvalue weighted by Crippen LogP contribution is -1.97. The first-order chi connectivity index (χ1) is 8.66. The minimum absolute atomic E-state index is 0.487. The second-order valence-electron chi connectivity index (χ2n) is 4.14. The summed E-state index contributed by atoms with van der Waals surface area (Å²) in [5.41, 5.74) is 3.62. The van der Waals surface area contributed by atoms with Gasteiger partial charge in [0, 0.05) is 23.7 Å². The van der Waals surface area contributed by atoms with Gasteiger partial charge in [0.25, 0.3) is 0 Å². The minimum atomic E-state index is 0.487. The normalized spacial score (nSPS) is 11.1. The first-order valence-electron chi connectivity index (χ1n) is 5.59. The summed E-state index contributed by atoms with van der Waals surface area (Å²) in [5, 5.41) is 0.487. The number of nitrogens with zero attached hydrogens (tertiary/aromatic N) is 4. The number of imidazole rings is 1. The number of hydrogen-bond donors (Lipinski definition) is 0. The van der Waals surface area contributed by atoms with Gasteiger partial charge in [-0.25, -0.2) is 9.97 Å². The van der Waals surface area contributed by atoms with Crippen LogP contribution in [0, 0.1) is 13.8 Å². The first kappa shape index (κ1) is 11.2. The lowest BCUT2D eigenvalue weighted by molar-refractivity contribution is 1.05. The summed E-state index contributed by atoms with van der Waals surface area (Å²) in [6.07, 6.45) is 3.54. The van der Waals surface area contributed by atoms with E-state index in [0.717, 1.165) is 28.4 Å². The standard InChI is InChI=1S/C13H11ClN4/c1-8-6-11(14)17-12-9(2)16-13(18(8)12)10-4-3-5-15-7-10/h3-7H,1-2H3. The lowest BCUT2D eigenvalue weighted by atomic mass is 10.2. The van der Waals surface area contributed by atoms with Gasteiger partial charge >= 0.3 is 0 Å². The van der Waals surface area contributed by atoms with Gasteiger partial charge in [-0.2, -0.15) is 0 Å². The third-order valence-corrected chi connectivity index (χ3v) is 3.03. The lowest BCUT2D eigenvalue weighted by Gasteiger charge is -2.04. The second-order valence-corrected chi connectivity index (χ2v) is 4.53. The maximum Gasteiger partial charge on any atom is 0.161 e. The molecule has 0 aliphatic carbocycles. The van der Waals surface area contributed by atoms with Crippen molar-refractivity contribution in [3.05, 3.63) is 47.1 Å². The molecule has 4 nitrogen and oxygen atoms in total. The molecule has 0 N–H and O–H groups in total. The quantitative estimate of drug-likeness (QED) is 0.630. The molecule has 90 valence electrons. The zero-order chi connectivity index (χ0) is 12.7. The molecule has 5 heteroatoms. The Morgan fingerprint density at radius 2 is 2.06 bits per heavy atom. The van der Waals surface area contributed by atoms with Crippen LogP contribution in [0.4, 0.5) is 0 Å². The van der Waals surface area contributed by atoms with E-state index in [-0.39, 0.29) is 0 Å². The Kier molecular flexibility index (Phi) is 2.52. The molecule has 18 heavy (non-hydrogen) atoms. The van der Waals surface area contributed by atoms with E-state index in [9.17, 15) is 0 Å². The van der Waals surface area contributed by atoms with E-state index in [4.69, 9.17) is 11.6 Å². The number of fused-ring (bicyclic) bond motifs is 1. The van der Waals surface area contributed by atoms with Crippen LogP contribution >= 0.6 is 11.6 Å². The Balaban J connectivity index is 2.38. The Hall–Kier alpha value is -1.94. The van der Waals surface area contributed by atoms with Crippen molar-refractivity contribution in [3.63, 3.8) is 0 Å². The van der Waals surface area contributed by atoms with Crippen LogP contribution in [0.2, 0.25) is 5.15 Å². The summed E-state index contributed by atoms with van der Waals surface area (Å²) in [6, 6.07) is 5.70. The molecule has 0 bridgehead atoms. The molecule has 3 aromatic rings. The maximum atomic E-state index is 5.99. The van der Waals surface area contributed by atoms with Gasteiger partial charge in [-0.15, -0.1) is 0 Å². The first-order valence-corrected chi connectivity index (χ1v) is 5.97. The maximum absolute atomic E-state index is 5.99. The molecular formula is C13H11ClN4. The van der Waals surface area contributed by atoms with Crippen LogP contribution in [0.25, 0.3) is 17.0 Å². The molecule has 0 spiro atoms. The number of hydrogen-bond acceptors (Lipinski definition) is 3. The molecular weight excluding hydrogens is 248 g/mol. The van der Waals surface area contributed by atoms with Gasteiger partial charge in [0.1, 0.15) is 11.0 Å². The number of aromatic nitrogens is 4. The molecule has 3 aromatic heterocycles. The zero-order valence-electron chi connectivity index (χ0n) is 10.1. The van der Waals surface area contributed by atoms with Crippen molar-refractivity contribution in [2.45, 2.75) is 13.8 Å². The van der Waals surface area contributed by atoms with Gasteiger partial charge in [-0.1, -0.05) is 11.6 Å². The second kappa shape index (κ2) is 4.07. The topological polar surface area (TPSA) is 43.1 Å². The van der Waals surface area contributed by atoms with Crippen LogP contribution in [0.1, 0.15) is 11.4 Å². The van der Waals surface area contributed by atoms with Crippen LogP contribution in [0.5, 0.6) is 0 Å². The fourth-order valence-corrected chi connectivity index (χ4v) is 2.28. The number of halogens is 1. The third kappa shape index (κ3) is 1.66. The van der Waals surface area contributed by atoms with E-state index < -0.39 is 0 Å². The molecule has 0 fully saturated rings. The predicted octanol–water partition coefficient (Wildman–Crippen LogP) is 3.06. The van der Waals surface area contributed by atoms with Gasteiger partial charge in [-0.3, -0.25) is 9.38 Å². The van der Waals surface area contributed by atoms with Gasteiger partial charge in [0.2, 0.25) is 0 Å². The molecule has 0 saturated carbocycles. The van der Waals surface area contributed by atoms with Crippen LogP contribution in [-0.4, -0.2) is 19.4 Å². The van der Waals surface area contributed by atoms with Crippen molar-refractivity contribution in [3.8, 4) is 11.4 Å². The molecule has 0 amide bonds. The molecule has 0 aliphatic heterocycles. The van der Waals surface area contributed by atoms with E-state index in [1.54, 1.807) is 12.4 Å². The molecule has 0 atom stereocenters. The van der Waals surface area contributed by atoms with Gasteiger partial charge in [-0.05, 0) is 32.0 Å². The number of aryl methyl sites for hydroxylation is 2. The fraction of sp³-hybridized carbons (Fsp3) is 0.154. The van der Waals surface area contributed by atoms with Crippen molar-refractivity contribution < 1.29 is 0 Å². The molecule has 0 aromatic carbocycles. The van der Waals surface area contributed by atoms with Crippen LogP contribution < -0.4 is 0 Å². The van der Waals surface area contributed by atoms with Crippen LogP contribution in [0.3, 0.4) is 0 Å². The van der Waals surface area contributed by atoms with Gasteiger partial charge in [0.15, 0.2) is 5.65 Å². The van der Waals surface area contributed by atoms with Crippen molar-refractivity contribution >= 4 is 17.2 Å². The predicted molar refractivity (Wildman–Crippen MR) is 70.7 cm³/mol. The summed E-state index contributed by atoms with van der Waals surface area (Å²) < 4.78 is 2.00. The van der Waals surface area contributed by atoms with E-state index in [2.05, 4.69) is 15.0 Å². The fourth-order valence-electron chi connectivity index (χ4n) is 2.04. The van der Waals surface area contributed by atoms with Crippen LogP contribution in [-0.2, 0) is 0 Å². The molecule has 3 rings (SSSR count). The smallest absolute Gasteiger partial charge is 0.161 e. The molecule has 0 saturated heterocycles. The highest BCUT2D eigenvalue weighted by molar-refractivity contribution is 6.29. The average molecular weight is 259 g/mol.